The summed E-state index contributed by atoms with van der Waals surface area (Å²) in [4.78, 5) is 56.7. The van der Waals surface area contributed by atoms with E-state index in [9.17, 15) is 19.2 Å². The average Bonchev–Trinajstić information content (AvgIpc) is 3.26. The van der Waals surface area contributed by atoms with Crippen molar-refractivity contribution < 1.29 is 33.4 Å². The molecule has 2 saturated heterocycles. The van der Waals surface area contributed by atoms with E-state index in [2.05, 4.69) is 0 Å². The zero-order valence-electron chi connectivity index (χ0n) is 24.4. The van der Waals surface area contributed by atoms with Gasteiger partial charge in [-0.3, -0.25) is 14.5 Å². The van der Waals surface area contributed by atoms with E-state index in [1.54, 1.807) is 64.6 Å². The topological polar surface area (TPSA) is 132 Å². The number of hydrogen-bond donors (Lipinski definition) is 1. The highest BCUT2D eigenvalue weighted by molar-refractivity contribution is 6.34. The molecule has 1 aromatic carbocycles. The lowest BCUT2D eigenvalue weighted by Crippen LogP contribution is -2.51. The molecule has 0 aliphatic carbocycles. The van der Waals surface area contributed by atoms with Crippen molar-refractivity contribution in [2.24, 2.45) is 5.73 Å². The number of rotatable bonds is 5. The highest BCUT2D eigenvalue weighted by Crippen LogP contribution is 2.30. The average molecular weight is 616 g/mol. The largest absolute Gasteiger partial charge is 0.490 e. The second-order valence-corrected chi connectivity index (χ2v) is 13.1. The van der Waals surface area contributed by atoms with Crippen molar-refractivity contribution in [1.82, 2.24) is 14.7 Å². The van der Waals surface area contributed by atoms with Crippen LogP contribution >= 0.6 is 23.2 Å². The van der Waals surface area contributed by atoms with Crippen molar-refractivity contribution in [3.05, 3.63) is 28.2 Å². The third-order valence-electron chi connectivity index (χ3n) is 6.48. The Balaban J connectivity index is 1.77. The van der Waals surface area contributed by atoms with Crippen LogP contribution in [0.15, 0.2) is 18.2 Å². The molecule has 0 unspecified atom stereocenters. The molecule has 2 atom stereocenters. The molecule has 0 radical (unpaired) electrons. The van der Waals surface area contributed by atoms with E-state index in [1.807, 2.05) is 0 Å². The number of likely N-dealkylation sites (tertiary alicyclic amines) is 2. The normalized spacial score (nSPS) is 20.0. The Kier molecular flexibility index (Phi) is 10.4. The van der Waals surface area contributed by atoms with E-state index in [0.717, 1.165) is 4.90 Å². The molecule has 13 heteroatoms. The number of nitrogens with two attached hydrogens (primary N) is 1. The predicted octanol–water partition coefficient (Wildman–Crippen LogP) is 4.46. The number of hydrogen-bond acceptors (Lipinski definition) is 8. The number of ether oxygens (including phenoxy) is 3. The lowest BCUT2D eigenvalue weighted by molar-refractivity contribution is -0.138. The second-order valence-electron chi connectivity index (χ2n) is 12.2. The van der Waals surface area contributed by atoms with Crippen LogP contribution in [0.2, 0.25) is 10.0 Å². The Hall–Kier alpha value is -2.76. The summed E-state index contributed by atoms with van der Waals surface area (Å²) in [6, 6.07) is 3.21. The van der Waals surface area contributed by atoms with Crippen molar-refractivity contribution in [1.29, 1.82) is 0 Å². The summed E-state index contributed by atoms with van der Waals surface area (Å²) in [6.07, 6.45) is -0.618. The number of carbonyl (C=O) groups is 4. The van der Waals surface area contributed by atoms with Gasteiger partial charge in [0.15, 0.2) is 0 Å². The van der Waals surface area contributed by atoms with Crippen LogP contribution in [0.3, 0.4) is 0 Å². The smallest absolute Gasteiger partial charge is 0.417 e. The molecule has 11 nitrogen and oxygen atoms in total. The van der Waals surface area contributed by atoms with Gasteiger partial charge in [-0.15, -0.1) is 0 Å². The molecule has 0 bridgehead atoms. The third-order valence-corrected chi connectivity index (χ3v) is 6.92. The van der Waals surface area contributed by atoms with Crippen LogP contribution < -0.4 is 10.5 Å². The van der Waals surface area contributed by atoms with E-state index in [-0.39, 0.29) is 25.0 Å². The first-order chi connectivity index (χ1) is 19.0. The summed E-state index contributed by atoms with van der Waals surface area (Å²) < 4.78 is 17.1. The summed E-state index contributed by atoms with van der Waals surface area (Å²) in [5, 5.41) is 0.929. The van der Waals surface area contributed by atoms with Gasteiger partial charge < -0.3 is 24.8 Å². The minimum absolute atomic E-state index is 0.0283. The number of imide groups is 1. The molecule has 2 N–H and O–H groups in total. The van der Waals surface area contributed by atoms with Gasteiger partial charge in [0.25, 0.3) is 0 Å². The van der Waals surface area contributed by atoms with E-state index >= 15 is 0 Å². The van der Waals surface area contributed by atoms with Crippen molar-refractivity contribution in [2.75, 3.05) is 26.2 Å². The molecular formula is C28H40Cl2N4O7. The maximum atomic E-state index is 13.8. The number of piperidine rings is 1. The van der Waals surface area contributed by atoms with Crippen LogP contribution in [0, 0.1) is 0 Å². The maximum Gasteiger partial charge on any atom is 0.417 e. The van der Waals surface area contributed by atoms with Gasteiger partial charge in [-0.2, -0.15) is 0 Å². The zero-order valence-corrected chi connectivity index (χ0v) is 26.0. The quantitative estimate of drug-likeness (QED) is 0.514. The molecule has 2 aliphatic heterocycles. The molecule has 0 aromatic heterocycles. The number of benzene rings is 1. The monoisotopic (exact) mass is 614 g/mol. The lowest BCUT2D eigenvalue weighted by Gasteiger charge is -2.35. The van der Waals surface area contributed by atoms with Crippen molar-refractivity contribution >= 4 is 47.2 Å². The molecule has 1 aromatic rings. The standard InChI is InChI=1S/C28H40Cl2N4O7/c1-27(2,3)40-25(37)33-16-19(34(23(35)15-31)26(38)41-28(4,5)6)14-22(33)24(36)32-9-7-20(8-10-32)39-21-12-17(29)11-18(30)13-21/h11-13,19-20,22H,7-10,14-16,31H2,1-6H3/t19-,22+/m1/s1. The summed E-state index contributed by atoms with van der Waals surface area (Å²) >= 11 is 12.2. The van der Waals surface area contributed by atoms with Crippen molar-refractivity contribution in [2.45, 2.75) is 90.2 Å². The van der Waals surface area contributed by atoms with Crippen LogP contribution in [0.25, 0.3) is 0 Å². The Morgan fingerprint density at radius 1 is 0.951 bits per heavy atom. The second kappa shape index (κ2) is 13.0. The molecule has 0 spiro atoms. The molecule has 2 heterocycles. The molecule has 228 valence electrons. The predicted molar refractivity (Wildman–Crippen MR) is 154 cm³/mol. The fraction of sp³-hybridized carbons (Fsp3) is 0.643. The van der Waals surface area contributed by atoms with Crippen molar-refractivity contribution in [3.8, 4) is 5.75 Å². The van der Waals surface area contributed by atoms with Gasteiger partial charge in [-0.05, 0) is 66.2 Å². The van der Waals surface area contributed by atoms with E-state index in [4.69, 9.17) is 43.1 Å². The molecule has 0 saturated carbocycles. The minimum atomic E-state index is -0.949. The molecule has 2 aliphatic rings. The van der Waals surface area contributed by atoms with Gasteiger partial charge in [0.2, 0.25) is 11.8 Å². The minimum Gasteiger partial charge on any atom is -0.490 e. The van der Waals surface area contributed by atoms with Crippen molar-refractivity contribution in [3.63, 3.8) is 0 Å². The van der Waals surface area contributed by atoms with Crippen LogP contribution in [0.1, 0.15) is 60.8 Å². The van der Waals surface area contributed by atoms with Crippen LogP contribution in [-0.4, -0.2) is 94.3 Å². The van der Waals surface area contributed by atoms with E-state index < -0.39 is 47.9 Å². The van der Waals surface area contributed by atoms with Gasteiger partial charge >= 0.3 is 12.2 Å². The van der Waals surface area contributed by atoms with Gasteiger partial charge in [0.1, 0.15) is 29.1 Å². The highest BCUT2D eigenvalue weighted by Gasteiger charge is 2.48. The number of carbonyl (C=O) groups excluding carboxylic acids is 4. The van der Waals surface area contributed by atoms with Crippen LogP contribution in [-0.2, 0) is 19.1 Å². The highest BCUT2D eigenvalue weighted by atomic mass is 35.5. The van der Waals surface area contributed by atoms with Crippen LogP contribution in [0.4, 0.5) is 9.59 Å². The van der Waals surface area contributed by atoms with Gasteiger partial charge in [0.05, 0.1) is 12.6 Å². The van der Waals surface area contributed by atoms with Gasteiger partial charge in [-0.1, -0.05) is 23.2 Å². The fourth-order valence-corrected chi connectivity index (χ4v) is 5.32. The third kappa shape index (κ3) is 9.11. The Morgan fingerprint density at radius 3 is 2.02 bits per heavy atom. The summed E-state index contributed by atoms with van der Waals surface area (Å²) in [6.45, 7) is 10.4. The molecule has 4 amide bonds. The molecule has 41 heavy (non-hydrogen) atoms. The van der Waals surface area contributed by atoms with E-state index in [0.29, 0.717) is 41.7 Å². The first-order valence-corrected chi connectivity index (χ1v) is 14.4. The van der Waals surface area contributed by atoms with Crippen LogP contribution in [0.5, 0.6) is 5.75 Å². The first kappa shape index (κ1) is 32.8. The first-order valence-electron chi connectivity index (χ1n) is 13.6. The number of halogens is 2. The Labute approximate surface area is 251 Å². The SMILES string of the molecule is CC(C)(C)OC(=O)N1C[C@H](N(C(=O)CN)C(=O)OC(C)(C)C)C[C@H]1C(=O)N1CCC(Oc2cc(Cl)cc(Cl)c2)CC1. The molecule has 3 rings (SSSR count). The Bertz CT molecular complexity index is 1120. The van der Waals surface area contributed by atoms with E-state index in [1.165, 1.54) is 4.90 Å². The maximum absolute atomic E-state index is 13.8. The van der Waals surface area contributed by atoms with Gasteiger partial charge in [0, 0.05) is 42.5 Å². The zero-order chi connectivity index (χ0) is 30.7. The molecular weight excluding hydrogens is 575 g/mol. The summed E-state index contributed by atoms with van der Waals surface area (Å²) in [7, 11) is 0. The fourth-order valence-electron chi connectivity index (χ4n) is 4.82. The Morgan fingerprint density at radius 2 is 1.51 bits per heavy atom. The summed E-state index contributed by atoms with van der Waals surface area (Å²) in [5.41, 5.74) is 3.92. The summed E-state index contributed by atoms with van der Waals surface area (Å²) in [5.74, 6) is -0.415. The lowest BCUT2D eigenvalue weighted by atomic mass is 10.0. The number of nitrogens with zero attached hydrogens (tertiary/aromatic N) is 3. The molecule has 2 fully saturated rings. The number of amides is 4. The van der Waals surface area contributed by atoms with Gasteiger partial charge in [-0.25, -0.2) is 14.5 Å².